The zero-order chi connectivity index (χ0) is 17.1. The van der Waals surface area contributed by atoms with E-state index in [0.29, 0.717) is 17.7 Å². The predicted molar refractivity (Wildman–Crippen MR) is 94.4 cm³/mol. The standard InChI is InChI=1S/C18H25N5O/c1-13(2)14-4-6-15(7-5-14)22(3)18(24)17-12-23(21-20-17)16-8-10-19-11-9-16/h4-7,12-13,16,19H,8-11H2,1-3H3. The summed E-state index contributed by atoms with van der Waals surface area (Å²) < 4.78 is 1.84. The molecule has 3 rings (SSSR count). The maximum Gasteiger partial charge on any atom is 0.280 e. The van der Waals surface area contributed by atoms with Gasteiger partial charge in [0.25, 0.3) is 5.91 Å². The van der Waals surface area contributed by atoms with Gasteiger partial charge in [0.2, 0.25) is 0 Å². The number of anilines is 1. The highest BCUT2D eigenvalue weighted by atomic mass is 16.2. The Bertz CT molecular complexity index is 686. The number of hydrogen-bond donors (Lipinski definition) is 1. The quantitative estimate of drug-likeness (QED) is 0.937. The molecule has 1 aliphatic heterocycles. The molecule has 1 aliphatic rings. The third-order valence-electron chi connectivity index (χ3n) is 4.66. The normalized spacial score (nSPS) is 15.7. The predicted octanol–water partition coefficient (Wildman–Crippen LogP) is 2.60. The SMILES string of the molecule is CC(C)c1ccc(N(C)C(=O)c2cn(C3CCNCC3)nn2)cc1. The Morgan fingerprint density at radius 2 is 1.92 bits per heavy atom. The van der Waals surface area contributed by atoms with Crippen molar-refractivity contribution in [2.45, 2.75) is 38.6 Å². The lowest BCUT2D eigenvalue weighted by Gasteiger charge is -2.22. The van der Waals surface area contributed by atoms with E-state index < -0.39 is 0 Å². The van der Waals surface area contributed by atoms with Gasteiger partial charge in [-0.3, -0.25) is 4.79 Å². The molecule has 2 aromatic rings. The van der Waals surface area contributed by atoms with Gasteiger partial charge in [-0.25, -0.2) is 4.68 Å². The number of hydrogen-bond acceptors (Lipinski definition) is 4. The zero-order valence-corrected chi connectivity index (χ0v) is 14.6. The van der Waals surface area contributed by atoms with E-state index in [9.17, 15) is 4.79 Å². The molecule has 6 heteroatoms. The van der Waals surface area contributed by atoms with E-state index >= 15 is 0 Å². The molecule has 1 aromatic carbocycles. The monoisotopic (exact) mass is 327 g/mol. The van der Waals surface area contributed by atoms with Gasteiger partial charge >= 0.3 is 0 Å². The van der Waals surface area contributed by atoms with Crippen LogP contribution in [0.2, 0.25) is 0 Å². The minimum Gasteiger partial charge on any atom is -0.317 e. The lowest BCUT2D eigenvalue weighted by molar-refractivity contribution is 0.0988. The summed E-state index contributed by atoms with van der Waals surface area (Å²) in [6.07, 6.45) is 3.81. The van der Waals surface area contributed by atoms with Gasteiger partial charge in [-0.15, -0.1) is 5.10 Å². The summed E-state index contributed by atoms with van der Waals surface area (Å²) in [5.74, 6) is 0.345. The topological polar surface area (TPSA) is 63.1 Å². The highest BCUT2D eigenvalue weighted by Gasteiger charge is 2.21. The third kappa shape index (κ3) is 3.48. The van der Waals surface area contributed by atoms with E-state index in [-0.39, 0.29) is 5.91 Å². The van der Waals surface area contributed by atoms with Gasteiger partial charge in [-0.2, -0.15) is 0 Å². The minimum absolute atomic E-state index is 0.132. The lowest BCUT2D eigenvalue weighted by Crippen LogP contribution is -2.29. The molecule has 1 N–H and O–H groups in total. The second-order valence-electron chi connectivity index (χ2n) is 6.68. The fourth-order valence-electron chi connectivity index (χ4n) is 3.00. The van der Waals surface area contributed by atoms with Crippen molar-refractivity contribution < 1.29 is 4.79 Å². The first-order chi connectivity index (χ1) is 11.6. The van der Waals surface area contributed by atoms with Crippen molar-refractivity contribution >= 4 is 11.6 Å². The Balaban J connectivity index is 1.72. The molecule has 6 nitrogen and oxygen atoms in total. The maximum atomic E-state index is 12.7. The van der Waals surface area contributed by atoms with Crippen LogP contribution < -0.4 is 10.2 Å². The van der Waals surface area contributed by atoms with Crippen LogP contribution in [-0.2, 0) is 0 Å². The summed E-state index contributed by atoms with van der Waals surface area (Å²) in [7, 11) is 1.77. The number of rotatable bonds is 4. The van der Waals surface area contributed by atoms with Crippen LogP contribution in [0.3, 0.4) is 0 Å². The second kappa shape index (κ2) is 7.13. The minimum atomic E-state index is -0.132. The average Bonchev–Trinajstić information content (AvgIpc) is 3.11. The molecule has 1 saturated heterocycles. The molecule has 0 unspecified atom stereocenters. The largest absolute Gasteiger partial charge is 0.317 e. The molecule has 0 atom stereocenters. The van der Waals surface area contributed by atoms with Crippen molar-refractivity contribution in [3.05, 3.63) is 41.7 Å². The highest BCUT2D eigenvalue weighted by Crippen LogP contribution is 2.21. The van der Waals surface area contributed by atoms with Crippen LogP contribution >= 0.6 is 0 Å². The van der Waals surface area contributed by atoms with Crippen LogP contribution in [0.15, 0.2) is 30.5 Å². The van der Waals surface area contributed by atoms with Crippen LogP contribution in [-0.4, -0.2) is 41.0 Å². The molecule has 0 spiro atoms. The third-order valence-corrected chi connectivity index (χ3v) is 4.66. The summed E-state index contributed by atoms with van der Waals surface area (Å²) in [5.41, 5.74) is 2.52. The molecular formula is C18H25N5O. The summed E-state index contributed by atoms with van der Waals surface area (Å²) in [4.78, 5) is 14.3. The molecule has 1 amide bonds. The van der Waals surface area contributed by atoms with Crippen LogP contribution in [0.25, 0.3) is 0 Å². The van der Waals surface area contributed by atoms with Crippen molar-refractivity contribution in [3.63, 3.8) is 0 Å². The van der Waals surface area contributed by atoms with Crippen molar-refractivity contribution in [1.82, 2.24) is 20.3 Å². The van der Waals surface area contributed by atoms with Gasteiger partial charge < -0.3 is 10.2 Å². The molecule has 2 heterocycles. The van der Waals surface area contributed by atoms with Crippen LogP contribution in [0, 0.1) is 0 Å². The Labute approximate surface area is 142 Å². The first kappa shape index (κ1) is 16.6. The number of aromatic nitrogens is 3. The summed E-state index contributed by atoms with van der Waals surface area (Å²) in [6.45, 7) is 6.28. The highest BCUT2D eigenvalue weighted by molar-refractivity contribution is 6.04. The van der Waals surface area contributed by atoms with Gasteiger partial charge in [0, 0.05) is 12.7 Å². The van der Waals surface area contributed by atoms with E-state index in [0.717, 1.165) is 31.6 Å². The van der Waals surface area contributed by atoms with Gasteiger partial charge in [-0.1, -0.05) is 31.2 Å². The first-order valence-corrected chi connectivity index (χ1v) is 8.57. The van der Waals surface area contributed by atoms with Gasteiger partial charge in [0.1, 0.15) is 0 Å². The number of carbonyl (C=O) groups excluding carboxylic acids is 1. The van der Waals surface area contributed by atoms with Crippen molar-refractivity contribution in [3.8, 4) is 0 Å². The van der Waals surface area contributed by atoms with Crippen molar-refractivity contribution in [1.29, 1.82) is 0 Å². The molecule has 0 bridgehead atoms. The van der Waals surface area contributed by atoms with Crippen molar-refractivity contribution in [2.24, 2.45) is 0 Å². The molecular weight excluding hydrogens is 302 g/mol. The molecule has 24 heavy (non-hydrogen) atoms. The van der Waals surface area contributed by atoms with Crippen LogP contribution in [0.1, 0.15) is 54.7 Å². The smallest absolute Gasteiger partial charge is 0.280 e. The van der Waals surface area contributed by atoms with Crippen LogP contribution in [0.5, 0.6) is 0 Å². The van der Waals surface area contributed by atoms with Gasteiger partial charge in [0.15, 0.2) is 5.69 Å². The Morgan fingerprint density at radius 1 is 1.25 bits per heavy atom. The van der Waals surface area contributed by atoms with E-state index in [2.05, 4.69) is 41.6 Å². The number of carbonyl (C=O) groups is 1. The fraction of sp³-hybridized carbons (Fsp3) is 0.500. The number of piperidine rings is 1. The molecule has 0 radical (unpaired) electrons. The second-order valence-corrected chi connectivity index (χ2v) is 6.68. The van der Waals surface area contributed by atoms with Gasteiger partial charge in [0.05, 0.1) is 12.2 Å². The summed E-state index contributed by atoms with van der Waals surface area (Å²) >= 11 is 0. The number of nitrogens with one attached hydrogen (secondary N) is 1. The Kier molecular flexibility index (Phi) is 4.94. The van der Waals surface area contributed by atoms with E-state index in [4.69, 9.17) is 0 Å². The van der Waals surface area contributed by atoms with Crippen molar-refractivity contribution in [2.75, 3.05) is 25.0 Å². The summed E-state index contributed by atoms with van der Waals surface area (Å²) in [5, 5.41) is 11.6. The first-order valence-electron chi connectivity index (χ1n) is 8.57. The Morgan fingerprint density at radius 3 is 2.54 bits per heavy atom. The number of nitrogens with zero attached hydrogens (tertiary/aromatic N) is 4. The molecule has 1 fully saturated rings. The molecule has 1 aromatic heterocycles. The fourth-order valence-corrected chi connectivity index (χ4v) is 3.00. The zero-order valence-electron chi connectivity index (χ0n) is 14.6. The van der Waals surface area contributed by atoms with Gasteiger partial charge in [-0.05, 0) is 49.5 Å². The number of amides is 1. The molecule has 0 aliphatic carbocycles. The Hall–Kier alpha value is -2.21. The lowest BCUT2D eigenvalue weighted by atomic mass is 10.0. The average molecular weight is 327 g/mol. The molecule has 0 saturated carbocycles. The maximum absolute atomic E-state index is 12.7. The molecule has 128 valence electrons. The van der Waals surface area contributed by atoms with E-state index in [1.807, 2.05) is 16.8 Å². The van der Waals surface area contributed by atoms with E-state index in [1.165, 1.54) is 5.56 Å². The summed E-state index contributed by atoms with van der Waals surface area (Å²) in [6, 6.07) is 8.41. The van der Waals surface area contributed by atoms with Crippen LogP contribution in [0.4, 0.5) is 5.69 Å². The van der Waals surface area contributed by atoms with E-state index in [1.54, 1.807) is 18.1 Å². The number of benzene rings is 1.